The zero-order valence-electron chi connectivity index (χ0n) is 13.4. The summed E-state index contributed by atoms with van der Waals surface area (Å²) in [5.41, 5.74) is 7.86. The molecule has 0 radical (unpaired) electrons. The molecule has 122 valence electrons. The highest BCUT2D eigenvalue weighted by molar-refractivity contribution is 5.77. The van der Waals surface area contributed by atoms with Crippen molar-refractivity contribution in [2.45, 2.75) is 20.0 Å². The van der Waals surface area contributed by atoms with E-state index in [-0.39, 0.29) is 0 Å². The summed E-state index contributed by atoms with van der Waals surface area (Å²) in [7, 11) is 0. The minimum Gasteiger partial charge on any atom is -0.379 e. The van der Waals surface area contributed by atoms with Gasteiger partial charge in [0, 0.05) is 13.2 Å². The Morgan fingerprint density at radius 3 is 2.64 bits per heavy atom. The molecule has 1 aromatic carbocycles. The summed E-state index contributed by atoms with van der Waals surface area (Å²) >= 11 is 0. The fourth-order valence-corrected chi connectivity index (χ4v) is 1.65. The molecule has 5 nitrogen and oxygen atoms in total. The van der Waals surface area contributed by atoms with Crippen LogP contribution in [0.2, 0.25) is 0 Å². The second-order valence-corrected chi connectivity index (χ2v) is 5.09. The molecule has 1 rings (SSSR count). The summed E-state index contributed by atoms with van der Waals surface area (Å²) in [6.07, 6.45) is 0.877. The fraction of sp³-hybridized carbons (Fsp3) is 0.471. The van der Waals surface area contributed by atoms with Crippen LogP contribution in [0.1, 0.15) is 18.9 Å². The molecule has 22 heavy (non-hydrogen) atoms. The molecule has 5 heteroatoms. The van der Waals surface area contributed by atoms with Crippen LogP contribution in [0.5, 0.6) is 0 Å². The summed E-state index contributed by atoms with van der Waals surface area (Å²) in [6.45, 7) is 9.51. The van der Waals surface area contributed by atoms with Crippen LogP contribution in [0, 0.1) is 0 Å². The second kappa shape index (κ2) is 11.8. The van der Waals surface area contributed by atoms with E-state index in [4.69, 9.17) is 15.2 Å². The highest BCUT2D eigenvalue weighted by Crippen LogP contribution is 1.99. The van der Waals surface area contributed by atoms with Gasteiger partial charge in [0.05, 0.1) is 26.4 Å². The van der Waals surface area contributed by atoms with E-state index in [2.05, 4.69) is 16.9 Å². The van der Waals surface area contributed by atoms with Crippen LogP contribution in [0.15, 0.2) is 47.5 Å². The molecule has 0 amide bonds. The number of ether oxygens (including phenoxy) is 2. The molecule has 0 atom stereocenters. The van der Waals surface area contributed by atoms with Gasteiger partial charge in [-0.2, -0.15) is 0 Å². The van der Waals surface area contributed by atoms with Crippen molar-refractivity contribution in [3.05, 3.63) is 48.0 Å². The van der Waals surface area contributed by atoms with Crippen molar-refractivity contribution < 1.29 is 9.47 Å². The first-order chi connectivity index (χ1) is 10.7. The topological polar surface area (TPSA) is 68.9 Å². The lowest BCUT2D eigenvalue weighted by atomic mass is 10.2. The number of guanidine groups is 1. The molecule has 0 bridgehead atoms. The third-order valence-corrected chi connectivity index (χ3v) is 2.77. The van der Waals surface area contributed by atoms with Gasteiger partial charge in [-0.25, -0.2) is 4.99 Å². The summed E-state index contributed by atoms with van der Waals surface area (Å²) in [5.74, 6) is 0.453. The van der Waals surface area contributed by atoms with Gasteiger partial charge >= 0.3 is 0 Å². The number of nitrogens with one attached hydrogen (secondary N) is 1. The number of hydrogen-bond donors (Lipinski definition) is 2. The molecule has 0 spiro atoms. The van der Waals surface area contributed by atoms with Crippen LogP contribution < -0.4 is 11.1 Å². The van der Waals surface area contributed by atoms with Gasteiger partial charge in [-0.15, -0.1) is 0 Å². The number of benzene rings is 1. The average Bonchev–Trinajstić information content (AvgIpc) is 2.52. The monoisotopic (exact) mass is 305 g/mol. The predicted octanol–water partition coefficient (Wildman–Crippen LogP) is 2.09. The third-order valence-electron chi connectivity index (χ3n) is 2.77. The highest BCUT2D eigenvalue weighted by Gasteiger charge is 1.94. The Morgan fingerprint density at radius 1 is 1.18 bits per heavy atom. The summed E-state index contributed by atoms with van der Waals surface area (Å²) in [5, 5.41) is 3.04. The minimum absolute atomic E-state index is 0.453. The molecule has 3 N–H and O–H groups in total. The quantitative estimate of drug-likeness (QED) is 0.284. The Labute approximate surface area is 133 Å². The lowest BCUT2D eigenvalue weighted by Gasteiger charge is -2.07. The number of hydrogen-bond acceptors (Lipinski definition) is 3. The van der Waals surface area contributed by atoms with E-state index in [0.29, 0.717) is 38.9 Å². The zero-order valence-corrected chi connectivity index (χ0v) is 13.4. The van der Waals surface area contributed by atoms with E-state index in [1.54, 1.807) is 0 Å². The first-order valence-electron chi connectivity index (χ1n) is 7.56. The van der Waals surface area contributed by atoms with Gasteiger partial charge in [0.25, 0.3) is 0 Å². The van der Waals surface area contributed by atoms with Crippen LogP contribution in [0.3, 0.4) is 0 Å². The van der Waals surface area contributed by atoms with Crippen molar-refractivity contribution in [1.82, 2.24) is 5.32 Å². The molecule has 0 aliphatic carbocycles. The molecule has 0 saturated heterocycles. The minimum atomic E-state index is 0.453. The Balaban J connectivity index is 1.89. The van der Waals surface area contributed by atoms with Gasteiger partial charge < -0.3 is 20.5 Å². The number of rotatable bonds is 11. The van der Waals surface area contributed by atoms with Crippen LogP contribution >= 0.6 is 0 Å². The molecule has 0 heterocycles. The van der Waals surface area contributed by atoms with E-state index < -0.39 is 0 Å². The second-order valence-electron chi connectivity index (χ2n) is 5.09. The Kier molecular flexibility index (Phi) is 9.74. The molecular formula is C17H27N3O2. The molecule has 0 fully saturated rings. The maximum absolute atomic E-state index is 5.69. The Morgan fingerprint density at radius 2 is 1.91 bits per heavy atom. The maximum Gasteiger partial charge on any atom is 0.188 e. The SMILES string of the molecule is C=C(C)CN=C(N)NCCCOCCOCc1ccccc1. The van der Waals surface area contributed by atoms with Crippen molar-refractivity contribution in [2.24, 2.45) is 10.7 Å². The first-order valence-corrected chi connectivity index (χ1v) is 7.56. The lowest BCUT2D eigenvalue weighted by Crippen LogP contribution is -2.33. The van der Waals surface area contributed by atoms with E-state index in [1.165, 1.54) is 5.56 Å². The molecule has 0 aliphatic heterocycles. The Hall–Kier alpha value is -1.85. The standard InChI is InChI=1S/C17H27N3O2/c1-15(2)13-20-17(18)19-9-6-10-21-11-12-22-14-16-7-4-3-5-8-16/h3-5,7-8H,1,6,9-14H2,2H3,(H3,18,19,20). The first kappa shape index (κ1) is 18.2. The smallest absolute Gasteiger partial charge is 0.188 e. The van der Waals surface area contributed by atoms with Crippen LogP contribution in [0.25, 0.3) is 0 Å². The highest BCUT2D eigenvalue weighted by atomic mass is 16.5. The number of nitrogens with zero attached hydrogens (tertiary/aromatic N) is 1. The van der Waals surface area contributed by atoms with Crippen LogP contribution in [-0.4, -0.2) is 38.9 Å². The maximum atomic E-state index is 5.69. The van der Waals surface area contributed by atoms with Crippen molar-refractivity contribution in [3.8, 4) is 0 Å². The fourth-order valence-electron chi connectivity index (χ4n) is 1.65. The van der Waals surface area contributed by atoms with Crippen molar-refractivity contribution >= 4 is 5.96 Å². The Bertz CT molecular complexity index is 446. The van der Waals surface area contributed by atoms with Gasteiger partial charge in [0.2, 0.25) is 0 Å². The predicted molar refractivity (Wildman–Crippen MR) is 90.8 cm³/mol. The van der Waals surface area contributed by atoms with Gasteiger partial charge in [-0.05, 0) is 18.9 Å². The molecular weight excluding hydrogens is 278 g/mol. The van der Waals surface area contributed by atoms with E-state index >= 15 is 0 Å². The van der Waals surface area contributed by atoms with Crippen molar-refractivity contribution in [3.63, 3.8) is 0 Å². The van der Waals surface area contributed by atoms with Crippen molar-refractivity contribution in [1.29, 1.82) is 0 Å². The average molecular weight is 305 g/mol. The van der Waals surface area contributed by atoms with Gasteiger partial charge in [0.15, 0.2) is 5.96 Å². The molecule has 0 saturated carbocycles. The normalized spacial score (nSPS) is 11.4. The molecule has 0 aliphatic rings. The van der Waals surface area contributed by atoms with Crippen LogP contribution in [0.4, 0.5) is 0 Å². The zero-order chi connectivity index (χ0) is 16.0. The van der Waals surface area contributed by atoms with Gasteiger partial charge in [-0.3, -0.25) is 0 Å². The number of nitrogens with two attached hydrogens (primary N) is 1. The summed E-state index contributed by atoms with van der Waals surface area (Å²) in [6, 6.07) is 10.1. The van der Waals surface area contributed by atoms with E-state index in [9.17, 15) is 0 Å². The molecule has 0 unspecified atom stereocenters. The summed E-state index contributed by atoms with van der Waals surface area (Å²) < 4.78 is 11.0. The van der Waals surface area contributed by atoms with Gasteiger partial charge in [0.1, 0.15) is 0 Å². The molecule has 0 aromatic heterocycles. The summed E-state index contributed by atoms with van der Waals surface area (Å²) in [4.78, 5) is 4.13. The molecule has 1 aromatic rings. The lowest BCUT2D eigenvalue weighted by molar-refractivity contribution is 0.0401. The van der Waals surface area contributed by atoms with Gasteiger partial charge in [-0.1, -0.05) is 42.5 Å². The largest absolute Gasteiger partial charge is 0.379 e. The van der Waals surface area contributed by atoms with Crippen LogP contribution in [-0.2, 0) is 16.1 Å². The number of aliphatic imine (C=N–C) groups is 1. The third kappa shape index (κ3) is 9.96. The van der Waals surface area contributed by atoms with E-state index in [0.717, 1.165) is 18.5 Å². The van der Waals surface area contributed by atoms with E-state index in [1.807, 2.05) is 37.3 Å². The van der Waals surface area contributed by atoms with Crippen molar-refractivity contribution in [2.75, 3.05) is 32.9 Å².